The number of nitrogens with one attached hydrogen (secondary N) is 1. The van der Waals surface area contributed by atoms with Crippen LogP contribution >= 0.6 is 0 Å². The minimum absolute atomic E-state index is 0.436. The molecule has 1 atom stereocenters. The SMILES string of the molecule is CC(C)(C)ON[C@H](C(=O)O)C(=C=O)CC(=O)O. The fourth-order valence-corrected chi connectivity index (χ4v) is 0.866. The van der Waals surface area contributed by atoms with Crippen molar-refractivity contribution in [3.05, 3.63) is 5.57 Å². The fraction of sp³-hybridized carbons (Fsp3) is 0.600. The highest BCUT2D eigenvalue weighted by Crippen LogP contribution is 2.09. The molecule has 3 N–H and O–H groups in total. The molecule has 0 aromatic heterocycles. The predicted octanol–water partition coefficient (Wildman–Crippen LogP) is -0.00800. The van der Waals surface area contributed by atoms with Crippen LogP contribution in [0.2, 0.25) is 0 Å². The van der Waals surface area contributed by atoms with Gasteiger partial charge in [0, 0.05) is 0 Å². The molecule has 0 aromatic carbocycles. The van der Waals surface area contributed by atoms with Gasteiger partial charge >= 0.3 is 11.9 Å². The van der Waals surface area contributed by atoms with Crippen LogP contribution in [-0.4, -0.2) is 39.7 Å². The van der Waals surface area contributed by atoms with Crippen LogP contribution in [0, 0.1) is 0 Å². The van der Waals surface area contributed by atoms with Crippen molar-refractivity contribution in [2.24, 2.45) is 0 Å². The van der Waals surface area contributed by atoms with Crippen molar-refractivity contribution in [3.8, 4) is 0 Å². The lowest BCUT2D eigenvalue weighted by Gasteiger charge is -2.22. The van der Waals surface area contributed by atoms with Crippen molar-refractivity contribution in [2.75, 3.05) is 0 Å². The lowest BCUT2D eigenvalue weighted by molar-refractivity contribution is -0.148. The van der Waals surface area contributed by atoms with E-state index in [1.807, 2.05) is 0 Å². The second-order valence-electron chi connectivity index (χ2n) is 4.30. The Morgan fingerprint density at radius 1 is 1.35 bits per heavy atom. The molecule has 0 fully saturated rings. The van der Waals surface area contributed by atoms with Gasteiger partial charge in [-0.25, -0.2) is 4.79 Å². The summed E-state index contributed by atoms with van der Waals surface area (Å²) >= 11 is 0. The minimum atomic E-state index is -1.53. The van der Waals surface area contributed by atoms with E-state index < -0.39 is 35.6 Å². The molecule has 0 aliphatic carbocycles. The smallest absolute Gasteiger partial charge is 0.328 e. The largest absolute Gasteiger partial charge is 0.481 e. The van der Waals surface area contributed by atoms with Crippen LogP contribution in [-0.2, 0) is 19.2 Å². The summed E-state index contributed by atoms with van der Waals surface area (Å²) < 4.78 is 0. The average molecular weight is 245 g/mol. The molecule has 0 rings (SSSR count). The zero-order valence-electron chi connectivity index (χ0n) is 9.81. The normalized spacial score (nSPS) is 12.6. The molecule has 0 spiro atoms. The summed E-state index contributed by atoms with van der Waals surface area (Å²) in [5, 5.41) is 17.4. The van der Waals surface area contributed by atoms with E-state index in [1.165, 1.54) is 5.94 Å². The molecule has 0 amide bonds. The second kappa shape index (κ2) is 6.15. The number of aliphatic carboxylic acids is 2. The van der Waals surface area contributed by atoms with E-state index in [0.29, 0.717) is 0 Å². The quantitative estimate of drug-likeness (QED) is 0.445. The molecule has 0 saturated carbocycles. The van der Waals surface area contributed by atoms with Gasteiger partial charge < -0.3 is 10.2 Å². The van der Waals surface area contributed by atoms with Gasteiger partial charge in [-0.1, -0.05) is 0 Å². The first-order valence-corrected chi connectivity index (χ1v) is 4.79. The highest BCUT2D eigenvalue weighted by atomic mass is 16.7. The van der Waals surface area contributed by atoms with Gasteiger partial charge in [0.2, 0.25) is 0 Å². The molecule has 0 heterocycles. The number of hydroxylamine groups is 1. The molecule has 7 heteroatoms. The molecule has 0 unspecified atom stereocenters. The number of carboxylic acid groups (broad SMARTS) is 2. The van der Waals surface area contributed by atoms with E-state index in [1.54, 1.807) is 20.8 Å². The van der Waals surface area contributed by atoms with Gasteiger partial charge in [0.15, 0.2) is 6.04 Å². The van der Waals surface area contributed by atoms with Gasteiger partial charge in [0.1, 0.15) is 5.94 Å². The van der Waals surface area contributed by atoms with Gasteiger partial charge in [0.05, 0.1) is 17.6 Å². The molecule has 0 aliphatic rings. The lowest BCUT2D eigenvalue weighted by Crippen LogP contribution is -2.43. The highest BCUT2D eigenvalue weighted by molar-refractivity contribution is 5.85. The van der Waals surface area contributed by atoms with E-state index in [4.69, 9.17) is 15.1 Å². The molecule has 0 radical (unpaired) electrons. The Bertz CT molecular complexity index is 350. The van der Waals surface area contributed by atoms with Crippen LogP contribution in [0.15, 0.2) is 5.57 Å². The Morgan fingerprint density at radius 3 is 2.18 bits per heavy atom. The van der Waals surface area contributed by atoms with Gasteiger partial charge in [-0.15, -0.1) is 0 Å². The standard InChI is InChI=1S/C10H15NO6/c1-10(2,3)17-11-8(9(15)16)6(5-12)4-7(13)14/h8,11H,4H2,1-3H3,(H,13,14)(H,15,16)/t8-/m0/s1. The summed E-state index contributed by atoms with van der Waals surface area (Å²) in [6.45, 7) is 5.00. The van der Waals surface area contributed by atoms with E-state index in [0.717, 1.165) is 0 Å². The number of hydrogen-bond acceptors (Lipinski definition) is 5. The number of rotatable bonds is 6. The number of carboxylic acids is 2. The zero-order valence-corrected chi connectivity index (χ0v) is 9.81. The summed E-state index contributed by atoms with van der Waals surface area (Å²) in [4.78, 5) is 36.8. The Kier molecular flexibility index (Phi) is 5.53. The van der Waals surface area contributed by atoms with Crippen molar-refractivity contribution in [1.82, 2.24) is 5.48 Å². The number of hydrogen-bond donors (Lipinski definition) is 3. The summed E-state index contributed by atoms with van der Waals surface area (Å²) in [7, 11) is 0. The number of carbonyl (C=O) groups excluding carboxylic acids is 1. The Morgan fingerprint density at radius 2 is 1.88 bits per heavy atom. The Balaban J connectivity index is 4.79. The van der Waals surface area contributed by atoms with Crippen molar-refractivity contribution in [2.45, 2.75) is 38.8 Å². The minimum Gasteiger partial charge on any atom is -0.481 e. The maximum Gasteiger partial charge on any atom is 0.328 e. The summed E-state index contributed by atoms with van der Waals surface area (Å²) in [5.74, 6) is -1.41. The van der Waals surface area contributed by atoms with Crippen LogP contribution in [0.5, 0.6) is 0 Å². The third kappa shape index (κ3) is 6.47. The van der Waals surface area contributed by atoms with E-state index in [9.17, 15) is 14.4 Å². The zero-order chi connectivity index (χ0) is 13.6. The van der Waals surface area contributed by atoms with Crippen LogP contribution in [0.25, 0.3) is 0 Å². The van der Waals surface area contributed by atoms with Crippen molar-refractivity contribution in [3.63, 3.8) is 0 Å². The summed E-state index contributed by atoms with van der Waals surface area (Å²) in [5.41, 5.74) is 1.04. The Hall–Kier alpha value is -1.69. The van der Waals surface area contributed by atoms with Crippen LogP contribution in [0.1, 0.15) is 27.2 Å². The van der Waals surface area contributed by atoms with Crippen molar-refractivity contribution >= 4 is 17.9 Å². The van der Waals surface area contributed by atoms with E-state index >= 15 is 0 Å². The predicted molar refractivity (Wildman–Crippen MR) is 56.9 cm³/mol. The maximum atomic E-state index is 10.9. The lowest BCUT2D eigenvalue weighted by atomic mass is 10.1. The fourth-order valence-electron chi connectivity index (χ4n) is 0.866. The third-order valence-electron chi connectivity index (χ3n) is 1.55. The van der Waals surface area contributed by atoms with Gasteiger partial charge in [0.25, 0.3) is 0 Å². The molecular weight excluding hydrogens is 230 g/mol. The first-order chi connectivity index (χ1) is 7.67. The second-order valence-corrected chi connectivity index (χ2v) is 4.30. The molecule has 0 bridgehead atoms. The maximum absolute atomic E-state index is 10.9. The van der Waals surface area contributed by atoms with Crippen LogP contribution in [0.4, 0.5) is 0 Å². The molecule has 7 nitrogen and oxygen atoms in total. The highest BCUT2D eigenvalue weighted by Gasteiger charge is 2.27. The third-order valence-corrected chi connectivity index (χ3v) is 1.55. The molecular formula is C10H15NO6. The molecule has 0 aliphatic heterocycles. The molecule has 0 saturated heterocycles. The summed E-state index contributed by atoms with van der Waals surface area (Å²) in [6.07, 6.45) is -0.707. The van der Waals surface area contributed by atoms with Crippen LogP contribution in [0.3, 0.4) is 0 Å². The monoisotopic (exact) mass is 245 g/mol. The van der Waals surface area contributed by atoms with Gasteiger partial charge in [-0.2, -0.15) is 5.48 Å². The molecule has 17 heavy (non-hydrogen) atoms. The van der Waals surface area contributed by atoms with Crippen LogP contribution < -0.4 is 5.48 Å². The van der Waals surface area contributed by atoms with Gasteiger partial charge in [-0.05, 0) is 20.8 Å². The first kappa shape index (κ1) is 15.3. The van der Waals surface area contributed by atoms with E-state index in [2.05, 4.69) is 5.48 Å². The van der Waals surface area contributed by atoms with Crippen molar-refractivity contribution < 1.29 is 29.4 Å². The van der Waals surface area contributed by atoms with E-state index in [-0.39, 0.29) is 0 Å². The first-order valence-electron chi connectivity index (χ1n) is 4.79. The van der Waals surface area contributed by atoms with Crippen molar-refractivity contribution in [1.29, 1.82) is 0 Å². The topological polar surface area (TPSA) is 113 Å². The van der Waals surface area contributed by atoms with Gasteiger partial charge in [-0.3, -0.25) is 14.4 Å². The number of carbonyl (C=O) groups is 2. The Labute approximate surface area is 98.0 Å². The average Bonchev–Trinajstić information content (AvgIpc) is 2.13. The molecule has 96 valence electrons. The molecule has 0 aromatic rings. The summed E-state index contributed by atoms with van der Waals surface area (Å²) in [6, 6.07) is -1.53.